The van der Waals surface area contributed by atoms with Crippen LogP contribution >= 0.6 is 11.3 Å². The Balaban J connectivity index is 1.85. The van der Waals surface area contributed by atoms with Crippen LogP contribution in [0.2, 0.25) is 0 Å². The first-order chi connectivity index (χ1) is 10.7. The Morgan fingerprint density at radius 2 is 2.05 bits per heavy atom. The zero-order chi connectivity index (χ0) is 15.4. The van der Waals surface area contributed by atoms with E-state index in [1.807, 2.05) is 0 Å². The van der Waals surface area contributed by atoms with Crippen LogP contribution in [0.1, 0.15) is 10.4 Å². The maximum Gasteiger partial charge on any atom is 0.261 e. The second-order valence-corrected chi connectivity index (χ2v) is 5.22. The second kappa shape index (κ2) is 6.31. The molecule has 1 aromatic carbocycles. The van der Waals surface area contributed by atoms with E-state index in [1.165, 1.54) is 23.5 Å². The lowest BCUT2D eigenvalue weighted by molar-refractivity contribution is 0.102. The van der Waals surface area contributed by atoms with Crippen molar-refractivity contribution >= 4 is 33.9 Å². The number of amides is 1. The van der Waals surface area contributed by atoms with E-state index >= 15 is 0 Å². The second-order valence-electron chi connectivity index (χ2n) is 4.33. The van der Waals surface area contributed by atoms with E-state index in [1.54, 1.807) is 42.0 Å². The van der Waals surface area contributed by atoms with Gasteiger partial charge in [-0.15, -0.1) is 11.3 Å². The molecule has 0 aliphatic rings. The summed E-state index contributed by atoms with van der Waals surface area (Å²) in [6.45, 7) is 0. The summed E-state index contributed by atoms with van der Waals surface area (Å²) in [5.74, 6) is -0.348. The topological polar surface area (TPSA) is 66.9 Å². The van der Waals surface area contributed by atoms with Crippen molar-refractivity contribution in [2.75, 3.05) is 10.6 Å². The van der Waals surface area contributed by atoms with Gasteiger partial charge in [0.2, 0.25) is 0 Å². The molecule has 2 aromatic heterocycles. The van der Waals surface area contributed by atoms with Crippen LogP contribution in [0.25, 0.3) is 0 Å². The summed E-state index contributed by atoms with van der Waals surface area (Å²) in [5.41, 5.74) is 0.865. The van der Waals surface area contributed by atoms with E-state index in [9.17, 15) is 9.18 Å². The number of pyridine rings is 1. The van der Waals surface area contributed by atoms with Gasteiger partial charge in [-0.2, -0.15) is 0 Å². The quantitative estimate of drug-likeness (QED) is 0.771. The molecule has 0 aliphatic heterocycles. The van der Waals surface area contributed by atoms with Crippen LogP contribution in [0.15, 0.2) is 54.2 Å². The molecule has 0 spiro atoms. The van der Waals surface area contributed by atoms with Gasteiger partial charge >= 0.3 is 0 Å². The van der Waals surface area contributed by atoms with Crippen molar-refractivity contribution in [3.63, 3.8) is 0 Å². The van der Waals surface area contributed by atoms with Gasteiger partial charge in [0.1, 0.15) is 11.6 Å². The van der Waals surface area contributed by atoms with Crippen LogP contribution < -0.4 is 10.6 Å². The van der Waals surface area contributed by atoms with Crippen molar-refractivity contribution in [3.8, 4) is 0 Å². The number of carbonyl (C=O) groups is 1. The summed E-state index contributed by atoms with van der Waals surface area (Å²) in [6, 6.07) is 9.25. The van der Waals surface area contributed by atoms with Crippen molar-refractivity contribution in [2.24, 2.45) is 0 Å². The predicted octanol–water partition coefficient (Wildman–Crippen LogP) is 3.67. The number of thiazole rings is 1. The van der Waals surface area contributed by atoms with Crippen LogP contribution in [0, 0.1) is 5.82 Å². The van der Waals surface area contributed by atoms with Gasteiger partial charge in [0.05, 0.1) is 5.56 Å². The van der Waals surface area contributed by atoms with Crippen molar-refractivity contribution < 1.29 is 9.18 Å². The highest BCUT2D eigenvalue weighted by atomic mass is 32.1. The van der Waals surface area contributed by atoms with Crippen molar-refractivity contribution in [2.45, 2.75) is 0 Å². The molecule has 0 saturated heterocycles. The molecule has 0 fully saturated rings. The number of hydrogen-bond acceptors (Lipinski definition) is 5. The van der Waals surface area contributed by atoms with E-state index in [0.29, 0.717) is 22.2 Å². The average Bonchev–Trinajstić information content (AvgIpc) is 3.01. The fourth-order valence-electron chi connectivity index (χ4n) is 1.84. The molecule has 0 atom stereocenters. The minimum Gasteiger partial charge on any atom is -0.339 e. The highest BCUT2D eigenvalue weighted by Crippen LogP contribution is 2.20. The normalized spacial score (nSPS) is 10.2. The van der Waals surface area contributed by atoms with Gasteiger partial charge in [-0.3, -0.25) is 10.1 Å². The molecule has 3 aromatic rings. The molecular formula is C15H11FN4OS. The Morgan fingerprint density at radius 3 is 2.82 bits per heavy atom. The van der Waals surface area contributed by atoms with Gasteiger partial charge in [-0.1, -0.05) is 6.07 Å². The number of hydrogen-bond donors (Lipinski definition) is 2. The SMILES string of the molecule is O=C(Nc1nccs1)c1cccnc1Nc1cccc(F)c1. The molecule has 5 nitrogen and oxygen atoms in total. The Morgan fingerprint density at radius 1 is 1.14 bits per heavy atom. The van der Waals surface area contributed by atoms with Gasteiger partial charge in [-0.05, 0) is 30.3 Å². The Labute approximate surface area is 129 Å². The number of aromatic nitrogens is 2. The highest BCUT2D eigenvalue weighted by molar-refractivity contribution is 7.13. The summed E-state index contributed by atoms with van der Waals surface area (Å²) < 4.78 is 13.2. The number of halogens is 1. The van der Waals surface area contributed by atoms with Crippen molar-refractivity contribution in [1.82, 2.24) is 9.97 Å². The Bertz CT molecular complexity index is 792. The van der Waals surface area contributed by atoms with E-state index in [4.69, 9.17) is 0 Å². The lowest BCUT2D eigenvalue weighted by atomic mass is 10.2. The van der Waals surface area contributed by atoms with Crippen molar-refractivity contribution in [3.05, 3.63) is 65.6 Å². The fourth-order valence-corrected chi connectivity index (χ4v) is 2.36. The monoisotopic (exact) mass is 314 g/mol. The number of rotatable bonds is 4. The molecule has 2 heterocycles. The zero-order valence-corrected chi connectivity index (χ0v) is 12.1. The van der Waals surface area contributed by atoms with Crippen LogP contribution in [-0.2, 0) is 0 Å². The number of carbonyl (C=O) groups excluding carboxylic acids is 1. The third kappa shape index (κ3) is 3.26. The van der Waals surface area contributed by atoms with E-state index < -0.39 is 0 Å². The highest BCUT2D eigenvalue weighted by Gasteiger charge is 2.13. The molecule has 2 N–H and O–H groups in total. The summed E-state index contributed by atoms with van der Waals surface area (Å²) in [4.78, 5) is 20.4. The van der Waals surface area contributed by atoms with E-state index in [0.717, 1.165) is 0 Å². The molecule has 0 aliphatic carbocycles. The Hall–Kier alpha value is -2.80. The Kier molecular flexibility index (Phi) is 4.06. The number of anilines is 3. The first-order valence-corrected chi connectivity index (χ1v) is 7.29. The number of nitrogens with one attached hydrogen (secondary N) is 2. The molecule has 1 amide bonds. The van der Waals surface area contributed by atoms with Crippen LogP contribution in [0.4, 0.5) is 21.0 Å². The molecule has 22 heavy (non-hydrogen) atoms. The summed E-state index contributed by atoms with van der Waals surface area (Å²) in [5, 5.41) is 7.91. The third-order valence-electron chi connectivity index (χ3n) is 2.79. The zero-order valence-electron chi connectivity index (χ0n) is 11.3. The van der Waals surface area contributed by atoms with Gasteiger partial charge in [0.15, 0.2) is 5.13 Å². The maximum absolute atomic E-state index is 13.2. The van der Waals surface area contributed by atoms with Crippen LogP contribution in [-0.4, -0.2) is 15.9 Å². The number of nitrogens with zero attached hydrogens (tertiary/aromatic N) is 2. The summed E-state index contributed by atoms with van der Waals surface area (Å²) in [7, 11) is 0. The fraction of sp³-hybridized carbons (Fsp3) is 0. The van der Waals surface area contributed by atoms with Gasteiger partial charge < -0.3 is 5.32 Å². The number of benzene rings is 1. The summed E-state index contributed by atoms with van der Waals surface area (Å²) >= 11 is 1.32. The van der Waals surface area contributed by atoms with Crippen LogP contribution in [0.3, 0.4) is 0 Å². The predicted molar refractivity (Wildman–Crippen MR) is 84.0 cm³/mol. The molecule has 110 valence electrons. The van der Waals surface area contributed by atoms with E-state index in [-0.39, 0.29) is 11.7 Å². The van der Waals surface area contributed by atoms with Gasteiger partial charge in [-0.25, -0.2) is 14.4 Å². The summed E-state index contributed by atoms with van der Waals surface area (Å²) in [6.07, 6.45) is 3.16. The third-order valence-corrected chi connectivity index (χ3v) is 3.48. The molecule has 0 unspecified atom stereocenters. The van der Waals surface area contributed by atoms with Crippen molar-refractivity contribution in [1.29, 1.82) is 0 Å². The molecular weight excluding hydrogens is 303 g/mol. The van der Waals surface area contributed by atoms with Gasteiger partial charge in [0, 0.05) is 23.5 Å². The smallest absolute Gasteiger partial charge is 0.261 e. The molecule has 0 bridgehead atoms. The minimum atomic E-state index is -0.366. The average molecular weight is 314 g/mol. The molecule has 7 heteroatoms. The van der Waals surface area contributed by atoms with Gasteiger partial charge in [0.25, 0.3) is 5.91 Å². The van der Waals surface area contributed by atoms with E-state index in [2.05, 4.69) is 20.6 Å². The molecule has 0 saturated carbocycles. The lowest BCUT2D eigenvalue weighted by Gasteiger charge is -2.10. The van der Waals surface area contributed by atoms with Crippen LogP contribution in [0.5, 0.6) is 0 Å². The first kappa shape index (κ1) is 14.2. The standard InChI is InChI=1S/C15H11FN4OS/c16-10-3-1-4-11(9-10)19-13-12(5-2-6-17-13)14(21)20-15-18-7-8-22-15/h1-9H,(H,17,19)(H,18,20,21). The maximum atomic E-state index is 13.2. The molecule has 0 radical (unpaired) electrons. The first-order valence-electron chi connectivity index (χ1n) is 6.41. The lowest BCUT2D eigenvalue weighted by Crippen LogP contribution is -2.14. The largest absolute Gasteiger partial charge is 0.339 e. The molecule has 3 rings (SSSR count). The minimum absolute atomic E-state index is 0.332.